The number of rotatable bonds is 6. The summed E-state index contributed by atoms with van der Waals surface area (Å²) in [6, 6.07) is 8.24. The smallest absolute Gasteiger partial charge is 0.193 e. The molecule has 1 aromatic carbocycles. The normalized spacial score (nSPS) is 11.7. The first-order valence-corrected chi connectivity index (χ1v) is 9.03. The molecule has 0 aliphatic heterocycles. The summed E-state index contributed by atoms with van der Waals surface area (Å²) in [7, 11) is 0.803. The molecule has 0 spiro atoms. The molecule has 22 heavy (non-hydrogen) atoms. The summed E-state index contributed by atoms with van der Waals surface area (Å²) in [4.78, 5) is 6.26. The zero-order valence-electron chi connectivity index (χ0n) is 13.7. The van der Waals surface area contributed by atoms with Crippen LogP contribution >= 0.6 is 24.0 Å². The van der Waals surface area contributed by atoms with Gasteiger partial charge < -0.3 is 10.2 Å². The van der Waals surface area contributed by atoms with Crippen molar-refractivity contribution in [1.82, 2.24) is 10.2 Å². The van der Waals surface area contributed by atoms with Gasteiger partial charge >= 0.3 is 0 Å². The maximum absolute atomic E-state index is 11.1. The van der Waals surface area contributed by atoms with E-state index in [2.05, 4.69) is 29.4 Å². The lowest BCUT2D eigenvalue weighted by atomic mass is 10.1. The molecule has 7 heteroatoms. The summed E-state index contributed by atoms with van der Waals surface area (Å²) < 4.78 is 22.2. The van der Waals surface area contributed by atoms with Crippen LogP contribution in [0.3, 0.4) is 0 Å². The minimum atomic E-state index is -2.90. The molecule has 0 amide bonds. The predicted molar refractivity (Wildman–Crippen MR) is 104 cm³/mol. The van der Waals surface area contributed by atoms with E-state index >= 15 is 0 Å². The van der Waals surface area contributed by atoms with Gasteiger partial charge in [-0.25, -0.2) is 8.42 Å². The first-order chi connectivity index (χ1) is 9.83. The van der Waals surface area contributed by atoms with Crippen molar-refractivity contribution < 1.29 is 8.42 Å². The fourth-order valence-electron chi connectivity index (χ4n) is 2.04. The van der Waals surface area contributed by atoms with Gasteiger partial charge in [-0.1, -0.05) is 24.3 Å². The van der Waals surface area contributed by atoms with Crippen molar-refractivity contribution in [3.63, 3.8) is 0 Å². The van der Waals surface area contributed by atoms with Crippen molar-refractivity contribution in [3.05, 3.63) is 35.4 Å². The van der Waals surface area contributed by atoms with E-state index in [1.54, 1.807) is 7.05 Å². The number of aryl methyl sites for hydroxylation is 1. The third kappa shape index (κ3) is 7.98. The van der Waals surface area contributed by atoms with Crippen LogP contribution in [0.1, 0.15) is 17.5 Å². The van der Waals surface area contributed by atoms with Crippen LogP contribution in [-0.4, -0.2) is 51.9 Å². The average Bonchev–Trinajstić information content (AvgIpc) is 2.40. The van der Waals surface area contributed by atoms with Crippen molar-refractivity contribution in [1.29, 1.82) is 0 Å². The number of aliphatic imine (C=N–C) groups is 1. The summed E-state index contributed by atoms with van der Waals surface area (Å²) in [6.45, 7) is 3.45. The Hall–Kier alpha value is -0.830. The Bertz CT molecular complexity index is 588. The molecule has 0 aliphatic rings. The molecule has 0 aliphatic carbocycles. The fraction of sp³-hybridized carbons (Fsp3) is 0.533. The molecule has 0 bridgehead atoms. The summed E-state index contributed by atoms with van der Waals surface area (Å²) in [5.74, 6) is 0.963. The van der Waals surface area contributed by atoms with Gasteiger partial charge in [-0.05, 0) is 24.5 Å². The van der Waals surface area contributed by atoms with E-state index in [1.165, 1.54) is 17.4 Å². The molecule has 0 radical (unpaired) electrons. The number of nitrogens with one attached hydrogen (secondary N) is 1. The second-order valence-corrected chi connectivity index (χ2v) is 7.50. The standard InChI is InChI=1S/C15H25N3O2S.HI/c1-13-8-5-6-9-14(13)12-18(3)15(16-2)17-10-7-11-21(4,19)20;/h5-6,8-9H,7,10-12H2,1-4H3,(H,16,17);1H. The Labute approximate surface area is 151 Å². The zero-order chi connectivity index (χ0) is 15.9. The van der Waals surface area contributed by atoms with Crippen molar-refractivity contribution in [3.8, 4) is 0 Å². The number of hydrogen-bond acceptors (Lipinski definition) is 3. The van der Waals surface area contributed by atoms with Crippen LogP contribution in [0.15, 0.2) is 29.3 Å². The second-order valence-electron chi connectivity index (χ2n) is 5.24. The molecule has 0 unspecified atom stereocenters. The number of benzene rings is 1. The monoisotopic (exact) mass is 439 g/mol. The van der Waals surface area contributed by atoms with Crippen LogP contribution in [0, 0.1) is 6.92 Å². The molecule has 0 saturated carbocycles. The minimum absolute atomic E-state index is 0. The van der Waals surface area contributed by atoms with E-state index < -0.39 is 9.84 Å². The molecule has 0 fully saturated rings. The fourth-order valence-corrected chi connectivity index (χ4v) is 2.71. The molecule has 1 aromatic rings. The van der Waals surface area contributed by atoms with E-state index in [-0.39, 0.29) is 29.7 Å². The molecule has 5 nitrogen and oxygen atoms in total. The van der Waals surface area contributed by atoms with Gasteiger partial charge in [0.25, 0.3) is 0 Å². The Morgan fingerprint density at radius 1 is 1.32 bits per heavy atom. The highest BCUT2D eigenvalue weighted by atomic mass is 127. The van der Waals surface area contributed by atoms with Crippen LogP contribution in [-0.2, 0) is 16.4 Å². The number of nitrogens with zero attached hydrogens (tertiary/aromatic N) is 2. The van der Waals surface area contributed by atoms with E-state index in [4.69, 9.17) is 0 Å². The van der Waals surface area contributed by atoms with E-state index in [1.807, 2.05) is 24.1 Å². The van der Waals surface area contributed by atoms with Gasteiger partial charge in [0.15, 0.2) is 5.96 Å². The van der Waals surface area contributed by atoms with Crippen molar-refractivity contribution in [2.45, 2.75) is 19.9 Å². The second kappa shape index (κ2) is 10.0. The van der Waals surface area contributed by atoms with Crippen LogP contribution in [0.5, 0.6) is 0 Å². The highest BCUT2D eigenvalue weighted by Crippen LogP contribution is 2.09. The first-order valence-electron chi connectivity index (χ1n) is 6.97. The van der Waals surface area contributed by atoms with Gasteiger partial charge in [-0.3, -0.25) is 4.99 Å². The Balaban J connectivity index is 0.00000441. The SMILES string of the molecule is CN=C(NCCCS(C)(=O)=O)N(C)Cc1ccccc1C.I. The highest BCUT2D eigenvalue weighted by Gasteiger charge is 2.08. The molecular formula is C15H26IN3O2S. The summed E-state index contributed by atoms with van der Waals surface area (Å²) in [5.41, 5.74) is 2.50. The van der Waals surface area contributed by atoms with Crippen molar-refractivity contribution >= 4 is 39.8 Å². The zero-order valence-corrected chi connectivity index (χ0v) is 16.8. The van der Waals surface area contributed by atoms with Crippen LogP contribution in [0.25, 0.3) is 0 Å². The van der Waals surface area contributed by atoms with Crippen molar-refractivity contribution in [2.75, 3.05) is 32.6 Å². The van der Waals surface area contributed by atoms with Crippen LogP contribution in [0.2, 0.25) is 0 Å². The third-order valence-corrected chi connectivity index (χ3v) is 4.25. The van der Waals surface area contributed by atoms with Gasteiger partial charge in [0.05, 0.1) is 5.75 Å². The molecule has 0 heterocycles. The summed E-state index contributed by atoms with van der Waals surface area (Å²) >= 11 is 0. The van der Waals surface area contributed by atoms with Gasteiger partial charge in [-0.2, -0.15) is 0 Å². The summed E-state index contributed by atoms with van der Waals surface area (Å²) in [6.07, 6.45) is 1.84. The average molecular weight is 439 g/mol. The predicted octanol–water partition coefficient (Wildman–Crippen LogP) is 2.05. The van der Waals surface area contributed by atoms with E-state index in [9.17, 15) is 8.42 Å². The van der Waals surface area contributed by atoms with E-state index in [0.717, 1.165) is 12.5 Å². The Morgan fingerprint density at radius 3 is 2.50 bits per heavy atom. The number of guanidine groups is 1. The molecule has 1 N–H and O–H groups in total. The molecule has 126 valence electrons. The maximum atomic E-state index is 11.1. The Morgan fingerprint density at radius 2 is 1.95 bits per heavy atom. The van der Waals surface area contributed by atoms with Crippen LogP contribution in [0.4, 0.5) is 0 Å². The summed E-state index contributed by atoms with van der Waals surface area (Å²) in [5, 5.41) is 3.19. The highest BCUT2D eigenvalue weighted by molar-refractivity contribution is 14.0. The largest absolute Gasteiger partial charge is 0.356 e. The molecule has 0 atom stereocenters. The third-order valence-electron chi connectivity index (χ3n) is 3.22. The van der Waals surface area contributed by atoms with Gasteiger partial charge in [0, 0.05) is 33.4 Å². The van der Waals surface area contributed by atoms with Gasteiger partial charge in [0.1, 0.15) is 9.84 Å². The first kappa shape index (κ1) is 21.2. The molecule has 0 aromatic heterocycles. The Kier molecular flexibility index (Phi) is 9.66. The molecular weight excluding hydrogens is 413 g/mol. The van der Waals surface area contributed by atoms with Gasteiger partial charge in [-0.15, -0.1) is 24.0 Å². The van der Waals surface area contributed by atoms with Gasteiger partial charge in [0.2, 0.25) is 0 Å². The topological polar surface area (TPSA) is 61.8 Å². The minimum Gasteiger partial charge on any atom is -0.356 e. The van der Waals surface area contributed by atoms with Crippen molar-refractivity contribution in [2.24, 2.45) is 4.99 Å². The molecule has 1 rings (SSSR count). The number of sulfone groups is 1. The lowest BCUT2D eigenvalue weighted by Crippen LogP contribution is -2.39. The quantitative estimate of drug-likeness (QED) is 0.319. The lowest BCUT2D eigenvalue weighted by molar-refractivity contribution is 0.475. The number of halogens is 1. The van der Waals surface area contributed by atoms with Crippen LogP contribution < -0.4 is 5.32 Å². The lowest BCUT2D eigenvalue weighted by Gasteiger charge is -2.23. The molecule has 0 saturated heterocycles. The maximum Gasteiger partial charge on any atom is 0.193 e. The number of hydrogen-bond donors (Lipinski definition) is 1. The van der Waals surface area contributed by atoms with E-state index in [0.29, 0.717) is 13.0 Å².